The fraction of sp³-hybridized carbons (Fsp3) is 0.222. The van der Waals surface area contributed by atoms with E-state index in [0.29, 0.717) is 11.3 Å². The van der Waals surface area contributed by atoms with Crippen LogP contribution in [0.2, 0.25) is 0 Å². The summed E-state index contributed by atoms with van der Waals surface area (Å²) < 4.78 is 26.1. The van der Waals surface area contributed by atoms with Gasteiger partial charge in [0.25, 0.3) is 0 Å². The third-order valence-corrected chi connectivity index (χ3v) is 6.25. The van der Waals surface area contributed by atoms with Crippen molar-refractivity contribution in [3.05, 3.63) is 54.1 Å². The van der Waals surface area contributed by atoms with E-state index >= 15 is 0 Å². The van der Waals surface area contributed by atoms with Crippen LogP contribution in [0.15, 0.2) is 58.3 Å². The normalized spacial score (nSPS) is 11.4. The highest BCUT2D eigenvalue weighted by atomic mass is 32.2. The van der Waals surface area contributed by atoms with Crippen LogP contribution < -0.4 is 5.32 Å². The molecule has 0 aliphatic carbocycles. The van der Waals surface area contributed by atoms with Crippen LogP contribution in [0.5, 0.6) is 0 Å². The largest absolute Gasteiger partial charge is 0.325 e. The van der Waals surface area contributed by atoms with Gasteiger partial charge in [-0.3, -0.25) is 9.59 Å². The maximum Gasteiger partial charge on any atom is 0.243 e. The first kappa shape index (κ1) is 20.2. The molecular weight excluding hydrogens is 372 g/mol. The Morgan fingerprint density at radius 3 is 2.35 bits per heavy atom. The Bertz CT molecular complexity index is 909. The molecule has 0 radical (unpaired) electrons. The topological polar surface area (TPSA) is 83.6 Å². The van der Waals surface area contributed by atoms with E-state index in [4.69, 9.17) is 0 Å². The van der Waals surface area contributed by atoms with Gasteiger partial charge in [0, 0.05) is 23.2 Å². The van der Waals surface area contributed by atoms with Gasteiger partial charge in [0.1, 0.15) is 0 Å². The van der Waals surface area contributed by atoms with Crippen molar-refractivity contribution in [1.82, 2.24) is 4.31 Å². The number of anilines is 1. The molecule has 0 aliphatic rings. The van der Waals surface area contributed by atoms with E-state index in [2.05, 4.69) is 5.32 Å². The van der Waals surface area contributed by atoms with Crippen molar-refractivity contribution in [3.63, 3.8) is 0 Å². The molecule has 2 rings (SSSR count). The molecule has 0 unspecified atom stereocenters. The van der Waals surface area contributed by atoms with Crippen molar-refractivity contribution in [2.45, 2.75) is 16.7 Å². The van der Waals surface area contributed by atoms with Crippen LogP contribution in [0.25, 0.3) is 0 Å². The molecule has 2 aromatic rings. The summed E-state index contributed by atoms with van der Waals surface area (Å²) >= 11 is 1.51. The number of likely N-dealkylation sites (N-methyl/N-ethyl adjacent to an activating group) is 1. The first-order valence-corrected chi connectivity index (χ1v) is 10.4. The molecule has 1 amide bonds. The minimum Gasteiger partial charge on any atom is -0.325 e. The number of hydrogen-bond acceptors (Lipinski definition) is 5. The molecule has 0 aromatic heterocycles. The van der Waals surface area contributed by atoms with Gasteiger partial charge in [-0.15, -0.1) is 11.8 Å². The Labute approximate surface area is 157 Å². The second-order valence-electron chi connectivity index (χ2n) is 5.62. The molecule has 6 nitrogen and oxygen atoms in total. The van der Waals surface area contributed by atoms with Crippen molar-refractivity contribution < 1.29 is 18.0 Å². The van der Waals surface area contributed by atoms with Crippen molar-refractivity contribution in [2.24, 2.45) is 0 Å². The number of benzene rings is 2. The molecule has 0 heterocycles. The molecule has 8 heteroatoms. The zero-order valence-electron chi connectivity index (χ0n) is 14.7. The van der Waals surface area contributed by atoms with Crippen LogP contribution in [0.4, 0.5) is 5.69 Å². The van der Waals surface area contributed by atoms with Crippen LogP contribution in [0.1, 0.15) is 17.3 Å². The van der Waals surface area contributed by atoms with E-state index in [1.807, 2.05) is 6.26 Å². The lowest BCUT2D eigenvalue weighted by Gasteiger charge is -2.17. The molecular formula is C18H20N2O4S2. The first-order chi connectivity index (χ1) is 12.2. The molecule has 0 aliphatic heterocycles. The molecule has 26 heavy (non-hydrogen) atoms. The Hall–Kier alpha value is -2.16. The van der Waals surface area contributed by atoms with E-state index in [-0.39, 0.29) is 17.2 Å². The van der Waals surface area contributed by atoms with Gasteiger partial charge in [-0.1, -0.05) is 12.1 Å². The number of rotatable bonds is 7. The van der Waals surface area contributed by atoms with E-state index in [0.717, 1.165) is 9.20 Å². The summed E-state index contributed by atoms with van der Waals surface area (Å²) in [5.41, 5.74) is 0.912. The number of carbonyl (C=O) groups is 2. The van der Waals surface area contributed by atoms with E-state index in [9.17, 15) is 18.0 Å². The number of ketones is 1. The van der Waals surface area contributed by atoms with Gasteiger partial charge in [-0.2, -0.15) is 4.31 Å². The van der Waals surface area contributed by atoms with E-state index in [1.54, 1.807) is 36.4 Å². The number of sulfonamides is 1. The molecule has 2 aromatic carbocycles. The average molecular weight is 393 g/mol. The van der Waals surface area contributed by atoms with E-state index in [1.165, 1.54) is 37.9 Å². The molecule has 0 saturated heterocycles. The van der Waals surface area contributed by atoms with Crippen LogP contribution in [0.3, 0.4) is 0 Å². The Morgan fingerprint density at radius 1 is 1.12 bits per heavy atom. The summed E-state index contributed by atoms with van der Waals surface area (Å²) in [6.45, 7) is 1.10. The Kier molecular flexibility index (Phi) is 6.57. The van der Waals surface area contributed by atoms with Gasteiger partial charge in [-0.05, 0) is 49.6 Å². The fourth-order valence-electron chi connectivity index (χ4n) is 2.23. The van der Waals surface area contributed by atoms with Gasteiger partial charge in [-0.25, -0.2) is 8.42 Å². The Morgan fingerprint density at radius 2 is 1.77 bits per heavy atom. The van der Waals surface area contributed by atoms with Crippen LogP contribution in [-0.4, -0.2) is 44.3 Å². The number of nitrogens with one attached hydrogen (secondary N) is 1. The van der Waals surface area contributed by atoms with Crippen molar-refractivity contribution in [1.29, 1.82) is 0 Å². The van der Waals surface area contributed by atoms with Gasteiger partial charge in [0.2, 0.25) is 15.9 Å². The number of amides is 1. The molecule has 0 spiro atoms. The number of Topliss-reactive ketones (excluding diaryl/α,β-unsaturated/α-hetero) is 1. The Balaban J connectivity index is 2.07. The molecule has 138 valence electrons. The molecule has 0 fully saturated rings. The maximum atomic E-state index is 12.6. The molecule has 0 atom stereocenters. The zero-order chi connectivity index (χ0) is 19.3. The third kappa shape index (κ3) is 4.94. The maximum absolute atomic E-state index is 12.6. The highest BCUT2D eigenvalue weighted by Gasteiger charge is 2.23. The van der Waals surface area contributed by atoms with Gasteiger partial charge >= 0.3 is 0 Å². The second-order valence-corrected chi connectivity index (χ2v) is 8.55. The predicted octanol–water partition coefficient (Wildman–Crippen LogP) is 2.87. The van der Waals surface area contributed by atoms with Crippen molar-refractivity contribution >= 4 is 39.2 Å². The van der Waals surface area contributed by atoms with E-state index < -0.39 is 15.9 Å². The van der Waals surface area contributed by atoms with Crippen LogP contribution >= 0.6 is 11.8 Å². The van der Waals surface area contributed by atoms with Gasteiger partial charge < -0.3 is 5.32 Å². The quantitative estimate of drug-likeness (QED) is 0.579. The summed E-state index contributed by atoms with van der Waals surface area (Å²) in [7, 11) is -2.41. The minimum atomic E-state index is -3.76. The highest BCUT2D eigenvalue weighted by molar-refractivity contribution is 7.98. The second kappa shape index (κ2) is 8.48. The lowest BCUT2D eigenvalue weighted by Crippen LogP contribution is -2.35. The van der Waals surface area contributed by atoms with Crippen molar-refractivity contribution in [2.75, 3.05) is 25.2 Å². The third-order valence-electron chi connectivity index (χ3n) is 3.69. The molecule has 0 bridgehead atoms. The zero-order valence-corrected chi connectivity index (χ0v) is 16.4. The lowest BCUT2D eigenvalue weighted by molar-refractivity contribution is -0.116. The van der Waals surface area contributed by atoms with Crippen LogP contribution in [0, 0.1) is 0 Å². The first-order valence-electron chi connectivity index (χ1n) is 7.75. The van der Waals surface area contributed by atoms with Gasteiger partial charge in [0.15, 0.2) is 5.78 Å². The molecule has 0 saturated carbocycles. The van der Waals surface area contributed by atoms with Gasteiger partial charge in [0.05, 0.1) is 11.4 Å². The smallest absolute Gasteiger partial charge is 0.243 e. The van der Waals surface area contributed by atoms with Crippen molar-refractivity contribution in [3.8, 4) is 0 Å². The highest BCUT2D eigenvalue weighted by Crippen LogP contribution is 2.20. The summed E-state index contributed by atoms with van der Waals surface area (Å²) in [6.07, 6.45) is 1.90. The fourth-order valence-corrected chi connectivity index (χ4v) is 3.77. The number of thioether (sulfide) groups is 1. The lowest BCUT2D eigenvalue weighted by atomic mass is 10.1. The summed E-state index contributed by atoms with van der Waals surface area (Å²) in [5.74, 6) is -0.605. The average Bonchev–Trinajstić information content (AvgIpc) is 2.61. The number of nitrogens with zero attached hydrogens (tertiary/aromatic N) is 1. The number of carbonyl (C=O) groups excluding carboxylic acids is 2. The monoisotopic (exact) mass is 392 g/mol. The summed E-state index contributed by atoms with van der Waals surface area (Å²) in [5, 5.41) is 2.61. The SMILES string of the molecule is CSc1ccc(S(=O)(=O)N(C)CC(=O)Nc2cccc(C(C)=O)c2)cc1. The standard InChI is InChI=1S/C18H20N2O4S2/c1-13(21)14-5-4-6-15(11-14)19-18(22)12-20(2)26(23,24)17-9-7-16(25-3)8-10-17/h4-11H,12H2,1-3H3,(H,19,22). The molecule has 1 N–H and O–H groups in total. The summed E-state index contributed by atoms with van der Waals surface area (Å²) in [6, 6.07) is 13.0. The predicted molar refractivity (Wildman–Crippen MR) is 103 cm³/mol. The number of hydrogen-bond donors (Lipinski definition) is 1. The van der Waals surface area contributed by atoms with Crippen LogP contribution in [-0.2, 0) is 14.8 Å². The minimum absolute atomic E-state index is 0.116. The summed E-state index contributed by atoms with van der Waals surface area (Å²) in [4.78, 5) is 24.7.